The lowest BCUT2D eigenvalue weighted by molar-refractivity contribution is 0.630. The lowest BCUT2D eigenvalue weighted by Gasteiger charge is -2.18. The number of nitrogens with one attached hydrogen (secondary N) is 1. The van der Waals surface area contributed by atoms with Gasteiger partial charge < -0.3 is 10.2 Å². The maximum atomic E-state index is 13.7. The molecule has 3 rings (SSSR count). The number of hydrogen-bond acceptors (Lipinski definition) is 2. The highest BCUT2D eigenvalue weighted by Gasteiger charge is 2.11. The molecule has 1 saturated heterocycles. The average molecular weight is 349 g/mol. The second-order valence-electron chi connectivity index (χ2n) is 5.34. The van der Waals surface area contributed by atoms with Crippen molar-refractivity contribution in [3.05, 3.63) is 58.3 Å². The molecule has 0 unspecified atom stereocenters. The van der Waals surface area contributed by atoms with Gasteiger partial charge >= 0.3 is 0 Å². The molecule has 0 spiro atoms. The third-order valence-corrected chi connectivity index (χ3v) is 4.31. The summed E-state index contributed by atoms with van der Waals surface area (Å²) in [5.41, 5.74) is 2.95. The van der Waals surface area contributed by atoms with Crippen molar-refractivity contribution in [1.82, 2.24) is 0 Å². The Hall–Kier alpha value is -1.55. The second kappa shape index (κ2) is 6.48. The Bertz CT molecular complexity index is 607. The highest BCUT2D eigenvalue weighted by molar-refractivity contribution is 9.10. The van der Waals surface area contributed by atoms with Crippen LogP contribution in [0.2, 0.25) is 0 Å². The van der Waals surface area contributed by atoms with Crippen molar-refractivity contribution >= 4 is 27.3 Å². The van der Waals surface area contributed by atoms with E-state index < -0.39 is 0 Å². The van der Waals surface area contributed by atoms with E-state index in [0.29, 0.717) is 12.2 Å². The molecule has 0 aliphatic carbocycles. The first-order valence-corrected chi connectivity index (χ1v) is 8.04. The van der Waals surface area contributed by atoms with Gasteiger partial charge in [0.05, 0.1) is 5.69 Å². The minimum Gasteiger partial charge on any atom is -0.379 e. The lowest BCUT2D eigenvalue weighted by Crippen LogP contribution is -2.17. The van der Waals surface area contributed by atoms with Crippen LogP contribution in [0.15, 0.2) is 46.9 Å². The summed E-state index contributed by atoms with van der Waals surface area (Å²) in [5, 5.41) is 3.14. The van der Waals surface area contributed by atoms with Crippen LogP contribution in [0, 0.1) is 5.82 Å². The Balaban J connectivity index is 1.64. The second-order valence-corrected chi connectivity index (χ2v) is 6.25. The van der Waals surface area contributed by atoms with Gasteiger partial charge in [-0.25, -0.2) is 4.39 Å². The Morgan fingerprint density at radius 1 is 1.05 bits per heavy atom. The molecule has 110 valence electrons. The Morgan fingerprint density at radius 3 is 2.48 bits per heavy atom. The van der Waals surface area contributed by atoms with Crippen LogP contribution in [0.25, 0.3) is 0 Å². The van der Waals surface area contributed by atoms with E-state index in [1.807, 2.05) is 0 Å². The zero-order valence-electron chi connectivity index (χ0n) is 11.8. The van der Waals surface area contributed by atoms with Crippen molar-refractivity contribution in [3.63, 3.8) is 0 Å². The smallest absolute Gasteiger partial charge is 0.146 e. The van der Waals surface area contributed by atoms with E-state index >= 15 is 0 Å². The summed E-state index contributed by atoms with van der Waals surface area (Å²) >= 11 is 3.36. The third kappa shape index (κ3) is 3.56. The minimum atomic E-state index is -0.230. The van der Waals surface area contributed by atoms with E-state index in [1.54, 1.807) is 12.1 Å². The molecule has 1 aliphatic heterocycles. The number of nitrogens with zero attached hydrogens (tertiary/aromatic N) is 1. The molecule has 21 heavy (non-hydrogen) atoms. The van der Waals surface area contributed by atoms with Gasteiger partial charge in [-0.15, -0.1) is 0 Å². The first kappa shape index (κ1) is 14.4. The van der Waals surface area contributed by atoms with Crippen molar-refractivity contribution < 1.29 is 4.39 Å². The first-order valence-electron chi connectivity index (χ1n) is 7.25. The van der Waals surface area contributed by atoms with Crippen LogP contribution >= 0.6 is 15.9 Å². The maximum absolute atomic E-state index is 13.7. The maximum Gasteiger partial charge on any atom is 0.146 e. The first-order chi connectivity index (χ1) is 10.2. The van der Waals surface area contributed by atoms with Gasteiger partial charge in [0, 0.05) is 29.8 Å². The molecule has 1 heterocycles. The van der Waals surface area contributed by atoms with Gasteiger partial charge in [-0.1, -0.05) is 28.1 Å². The summed E-state index contributed by atoms with van der Waals surface area (Å²) in [5.74, 6) is -0.230. The number of benzene rings is 2. The van der Waals surface area contributed by atoms with Gasteiger partial charge in [0.15, 0.2) is 0 Å². The topological polar surface area (TPSA) is 15.3 Å². The molecule has 4 heteroatoms. The van der Waals surface area contributed by atoms with Crippen molar-refractivity contribution in [1.29, 1.82) is 0 Å². The molecule has 2 nitrogen and oxygen atoms in total. The van der Waals surface area contributed by atoms with Crippen LogP contribution in [-0.2, 0) is 6.54 Å². The third-order valence-electron chi connectivity index (χ3n) is 3.82. The van der Waals surface area contributed by atoms with Crippen molar-refractivity contribution in [3.8, 4) is 0 Å². The van der Waals surface area contributed by atoms with Crippen LogP contribution in [0.4, 0.5) is 15.8 Å². The van der Waals surface area contributed by atoms with E-state index in [-0.39, 0.29) is 5.82 Å². The quantitative estimate of drug-likeness (QED) is 0.853. The number of anilines is 2. The SMILES string of the molecule is Fc1ccc(Br)cc1NCc1ccc(N2CCCC2)cc1. The highest BCUT2D eigenvalue weighted by Crippen LogP contribution is 2.22. The van der Waals surface area contributed by atoms with E-state index in [9.17, 15) is 4.39 Å². The highest BCUT2D eigenvalue weighted by atomic mass is 79.9. The standard InChI is InChI=1S/C17H18BrFN2/c18-14-5-8-16(19)17(11-14)20-12-13-3-6-15(7-4-13)21-9-1-2-10-21/h3-8,11,20H,1-2,9-10,12H2. The zero-order valence-corrected chi connectivity index (χ0v) is 13.4. The molecular formula is C17H18BrFN2. The fraction of sp³-hybridized carbons (Fsp3) is 0.294. The summed E-state index contributed by atoms with van der Waals surface area (Å²) in [6, 6.07) is 13.4. The molecule has 0 bridgehead atoms. The van der Waals surface area contributed by atoms with Gasteiger partial charge in [0.25, 0.3) is 0 Å². The number of rotatable bonds is 4. The van der Waals surface area contributed by atoms with Crippen molar-refractivity contribution in [2.45, 2.75) is 19.4 Å². The van der Waals surface area contributed by atoms with Crippen LogP contribution < -0.4 is 10.2 Å². The average Bonchev–Trinajstić information content (AvgIpc) is 3.03. The molecule has 2 aromatic carbocycles. The van der Waals surface area contributed by atoms with Crippen LogP contribution in [-0.4, -0.2) is 13.1 Å². The van der Waals surface area contributed by atoms with Gasteiger partial charge in [0.1, 0.15) is 5.82 Å². The zero-order chi connectivity index (χ0) is 14.7. The molecule has 1 N–H and O–H groups in total. The summed E-state index contributed by atoms with van der Waals surface area (Å²) in [6.45, 7) is 2.93. The predicted octanol–water partition coefficient (Wildman–Crippen LogP) is 4.80. The summed E-state index contributed by atoms with van der Waals surface area (Å²) in [4.78, 5) is 2.41. The van der Waals surface area contributed by atoms with Gasteiger partial charge in [-0.2, -0.15) is 0 Å². The molecule has 0 radical (unpaired) electrons. The number of halogens is 2. The molecule has 2 aromatic rings. The van der Waals surface area contributed by atoms with Gasteiger partial charge in [-0.05, 0) is 48.7 Å². The largest absolute Gasteiger partial charge is 0.379 e. The molecular weight excluding hydrogens is 331 g/mol. The lowest BCUT2D eigenvalue weighted by atomic mass is 10.2. The fourth-order valence-corrected chi connectivity index (χ4v) is 2.99. The van der Waals surface area contributed by atoms with Gasteiger partial charge in [-0.3, -0.25) is 0 Å². The van der Waals surface area contributed by atoms with Crippen LogP contribution in [0.3, 0.4) is 0 Å². The molecule has 1 aliphatic rings. The normalized spacial score (nSPS) is 14.5. The minimum absolute atomic E-state index is 0.230. The van der Waals surface area contributed by atoms with E-state index in [1.165, 1.54) is 24.6 Å². The number of hydrogen-bond donors (Lipinski definition) is 1. The summed E-state index contributed by atoms with van der Waals surface area (Å²) in [6.07, 6.45) is 2.57. The Morgan fingerprint density at radius 2 is 1.76 bits per heavy atom. The van der Waals surface area contributed by atoms with Crippen LogP contribution in [0.5, 0.6) is 0 Å². The van der Waals surface area contributed by atoms with Crippen LogP contribution in [0.1, 0.15) is 18.4 Å². The Labute approximate surface area is 133 Å². The Kier molecular flexibility index (Phi) is 4.44. The van der Waals surface area contributed by atoms with Crippen molar-refractivity contribution in [2.24, 2.45) is 0 Å². The molecule has 1 fully saturated rings. The molecule has 0 atom stereocenters. The summed E-state index contributed by atoms with van der Waals surface area (Å²) < 4.78 is 14.5. The van der Waals surface area contributed by atoms with E-state index in [4.69, 9.17) is 0 Å². The van der Waals surface area contributed by atoms with Crippen molar-refractivity contribution in [2.75, 3.05) is 23.3 Å². The fourth-order valence-electron chi connectivity index (χ4n) is 2.63. The molecule has 0 amide bonds. The van der Waals surface area contributed by atoms with E-state index in [0.717, 1.165) is 23.1 Å². The molecule has 0 aromatic heterocycles. The summed E-state index contributed by atoms with van der Waals surface area (Å²) in [7, 11) is 0. The molecule has 0 saturated carbocycles. The predicted molar refractivity (Wildman–Crippen MR) is 89.3 cm³/mol. The van der Waals surface area contributed by atoms with E-state index in [2.05, 4.69) is 50.4 Å². The van der Waals surface area contributed by atoms with Gasteiger partial charge in [0.2, 0.25) is 0 Å². The monoisotopic (exact) mass is 348 g/mol.